The van der Waals surface area contributed by atoms with Crippen molar-refractivity contribution in [1.29, 1.82) is 0 Å². The lowest BCUT2D eigenvalue weighted by Gasteiger charge is -2.07. The van der Waals surface area contributed by atoms with E-state index in [2.05, 4.69) is 25.6 Å². The molecule has 0 bridgehead atoms. The smallest absolute Gasteiger partial charge is 0.0474 e. The average Bonchev–Trinajstić information content (AvgIpc) is 2.16. The summed E-state index contributed by atoms with van der Waals surface area (Å²) in [6, 6.07) is 8.26. The van der Waals surface area contributed by atoms with Crippen molar-refractivity contribution in [3.05, 3.63) is 42.0 Å². The van der Waals surface area contributed by atoms with Gasteiger partial charge in [-0.25, -0.2) is 0 Å². The van der Waals surface area contributed by atoms with Gasteiger partial charge in [0.05, 0.1) is 0 Å². The SMILES string of the molecule is C=C(CCl)c1ccccc1CC. The Morgan fingerprint density at radius 3 is 2.67 bits per heavy atom. The normalized spacial score (nSPS) is 9.83. The first-order chi connectivity index (χ1) is 5.79. The Bertz CT molecular complexity index is 276. The van der Waals surface area contributed by atoms with Crippen LogP contribution in [0, 0.1) is 0 Å². The molecule has 0 radical (unpaired) electrons. The number of rotatable bonds is 3. The second kappa shape index (κ2) is 4.32. The van der Waals surface area contributed by atoms with E-state index in [1.54, 1.807) is 0 Å². The van der Waals surface area contributed by atoms with E-state index < -0.39 is 0 Å². The fraction of sp³-hybridized carbons (Fsp3) is 0.273. The average molecular weight is 181 g/mol. The zero-order valence-electron chi connectivity index (χ0n) is 7.31. The molecule has 0 aliphatic carbocycles. The highest BCUT2D eigenvalue weighted by atomic mass is 35.5. The van der Waals surface area contributed by atoms with Gasteiger partial charge in [-0.05, 0) is 23.1 Å². The predicted octanol–water partition coefficient (Wildman–Crippen LogP) is 3.50. The van der Waals surface area contributed by atoms with Crippen molar-refractivity contribution in [3.8, 4) is 0 Å². The van der Waals surface area contributed by atoms with Gasteiger partial charge in [0.15, 0.2) is 0 Å². The van der Waals surface area contributed by atoms with Gasteiger partial charge in [-0.15, -0.1) is 11.6 Å². The van der Waals surface area contributed by atoms with Crippen LogP contribution in [0.2, 0.25) is 0 Å². The molecule has 0 aromatic heterocycles. The van der Waals surface area contributed by atoms with Crippen LogP contribution in [-0.4, -0.2) is 5.88 Å². The van der Waals surface area contributed by atoms with Crippen molar-refractivity contribution >= 4 is 17.2 Å². The van der Waals surface area contributed by atoms with Crippen LogP contribution >= 0.6 is 11.6 Å². The molecule has 0 aliphatic rings. The maximum atomic E-state index is 5.72. The molecule has 0 fully saturated rings. The molecule has 12 heavy (non-hydrogen) atoms. The molecular formula is C11H13Cl. The maximum absolute atomic E-state index is 5.72. The summed E-state index contributed by atoms with van der Waals surface area (Å²) in [5, 5.41) is 0. The van der Waals surface area contributed by atoms with Crippen LogP contribution in [0.15, 0.2) is 30.8 Å². The molecule has 1 aromatic rings. The molecule has 0 heterocycles. The highest BCUT2D eigenvalue weighted by Gasteiger charge is 2.01. The summed E-state index contributed by atoms with van der Waals surface area (Å²) in [7, 11) is 0. The minimum Gasteiger partial charge on any atom is -0.122 e. The van der Waals surface area contributed by atoms with E-state index in [0.29, 0.717) is 5.88 Å². The molecule has 0 unspecified atom stereocenters. The second-order valence-corrected chi connectivity index (χ2v) is 3.02. The van der Waals surface area contributed by atoms with Gasteiger partial charge in [-0.3, -0.25) is 0 Å². The third-order valence-corrected chi connectivity index (χ3v) is 2.26. The van der Waals surface area contributed by atoms with Gasteiger partial charge in [0.25, 0.3) is 0 Å². The summed E-state index contributed by atoms with van der Waals surface area (Å²) < 4.78 is 0. The van der Waals surface area contributed by atoms with E-state index in [1.807, 2.05) is 12.1 Å². The molecule has 0 amide bonds. The molecule has 1 aromatic carbocycles. The largest absolute Gasteiger partial charge is 0.122 e. The Balaban J connectivity index is 3.04. The van der Waals surface area contributed by atoms with Crippen molar-refractivity contribution in [2.24, 2.45) is 0 Å². The van der Waals surface area contributed by atoms with E-state index in [1.165, 1.54) is 11.1 Å². The van der Waals surface area contributed by atoms with Crippen molar-refractivity contribution in [1.82, 2.24) is 0 Å². The Morgan fingerprint density at radius 1 is 1.42 bits per heavy atom. The summed E-state index contributed by atoms with van der Waals surface area (Å²) in [5.74, 6) is 0.511. The lowest BCUT2D eigenvalue weighted by Crippen LogP contribution is -1.91. The van der Waals surface area contributed by atoms with Crippen LogP contribution < -0.4 is 0 Å². The lowest BCUT2D eigenvalue weighted by molar-refractivity contribution is 1.13. The van der Waals surface area contributed by atoms with E-state index in [4.69, 9.17) is 11.6 Å². The fourth-order valence-electron chi connectivity index (χ4n) is 1.25. The third-order valence-electron chi connectivity index (χ3n) is 1.94. The highest BCUT2D eigenvalue weighted by molar-refractivity contribution is 6.23. The zero-order valence-corrected chi connectivity index (χ0v) is 8.06. The van der Waals surface area contributed by atoms with Gasteiger partial charge >= 0.3 is 0 Å². The van der Waals surface area contributed by atoms with Gasteiger partial charge in [0.2, 0.25) is 0 Å². The first-order valence-corrected chi connectivity index (χ1v) is 4.65. The van der Waals surface area contributed by atoms with Gasteiger partial charge in [-0.1, -0.05) is 37.8 Å². The molecule has 0 nitrogen and oxygen atoms in total. The molecular weight excluding hydrogens is 168 g/mol. The minimum atomic E-state index is 0.511. The zero-order chi connectivity index (χ0) is 8.97. The number of alkyl halides is 1. The number of hydrogen-bond donors (Lipinski definition) is 0. The van der Waals surface area contributed by atoms with Crippen LogP contribution in [0.5, 0.6) is 0 Å². The van der Waals surface area contributed by atoms with Crippen molar-refractivity contribution < 1.29 is 0 Å². The summed E-state index contributed by atoms with van der Waals surface area (Å²) >= 11 is 5.72. The number of aryl methyl sites for hydroxylation is 1. The summed E-state index contributed by atoms with van der Waals surface area (Å²) in [6.07, 6.45) is 1.03. The number of allylic oxidation sites excluding steroid dienone is 1. The molecule has 0 saturated carbocycles. The molecule has 0 aliphatic heterocycles. The van der Waals surface area contributed by atoms with E-state index in [9.17, 15) is 0 Å². The fourth-order valence-corrected chi connectivity index (χ4v) is 1.39. The lowest BCUT2D eigenvalue weighted by atomic mass is 10.0. The summed E-state index contributed by atoms with van der Waals surface area (Å²) in [6.45, 7) is 6.06. The number of hydrogen-bond acceptors (Lipinski definition) is 0. The van der Waals surface area contributed by atoms with E-state index in [0.717, 1.165) is 12.0 Å². The predicted molar refractivity (Wildman–Crippen MR) is 55.6 cm³/mol. The monoisotopic (exact) mass is 180 g/mol. The minimum absolute atomic E-state index is 0.511. The van der Waals surface area contributed by atoms with Crippen molar-refractivity contribution in [2.75, 3.05) is 5.88 Å². The van der Waals surface area contributed by atoms with E-state index in [-0.39, 0.29) is 0 Å². The molecule has 0 atom stereocenters. The molecule has 64 valence electrons. The molecule has 1 heteroatoms. The standard InChI is InChI=1S/C11H13Cl/c1-3-10-6-4-5-7-11(10)9(2)8-12/h4-7H,2-3,8H2,1H3. The first-order valence-electron chi connectivity index (χ1n) is 4.11. The van der Waals surface area contributed by atoms with Crippen LogP contribution in [0.25, 0.3) is 5.57 Å². The first kappa shape index (κ1) is 9.34. The molecule has 1 rings (SSSR count). The summed E-state index contributed by atoms with van der Waals surface area (Å²) in [5.41, 5.74) is 3.53. The Labute approximate surface area is 78.9 Å². The molecule has 0 spiro atoms. The quantitative estimate of drug-likeness (QED) is 0.625. The molecule has 0 saturated heterocycles. The van der Waals surface area contributed by atoms with Crippen LogP contribution in [0.4, 0.5) is 0 Å². The van der Waals surface area contributed by atoms with Crippen molar-refractivity contribution in [2.45, 2.75) is 13.3 Å². The van der Waals surface area contributed by atoms with Gasteiger partial charge in [0, 0.05) is 5.88 Å². The number of benzene rings is 1. The van der Waals surface area contributed by atoms with Crippen LogP contribution in [-0.2, 0) is 6.42 Å². The Hall–Kier alpha value is -0.750. The van der Waals surface area contributed by atoms with Crippen LogP contribution in [0.3, 0.4) is 0 Å². The van der Waals surface area contributed by atoms with E-state index >= 15 is 0 Å². The highest BCUT2D eigenvalue weighted by Crippen LogP contribution is 2.18. The third kappa shape index (κ3) is 1.89. The number of halogens is 1. The van der Waals surface area contributed by atoms with Gasteiger partial charge in [0.1, 0.15) is 0 Å². The van der Waals surface area contributed by atoms with Gasteiger partial charge < -0.3 is 0 Å². The van der Waals surface area contributed by atoms with Crippen molar-refractivity contribution in [3.63, 3.8) is 0 Å². The topological polar surface area (TPSA) is 0 Å². The Morgan fingerprint density at radius 2 is 2.08 bits per heavy atom. The Kier molecular flexibility index (Phi) is 3.36. The molecule has 0 N–H and O–H groups in total. The summed E-state index contributed by atoms with van der Waals surface area (Å²) in [4.78, 5) is 0. The van der Waals surface area contributed by atoms with Gasteiger partial charge in [-0.2, -0.15) is 0 Å². The van der Waals surface area contributed by atoms with Crippen LogP contribution in [0.1, 0.15) is 18.1 Å². The second-order valence-electron chi connectivity index (χ2n) is 2.75. The maximum Gasteiger partial charge on any atom is 0.0474 e.